The molecule has 3 nitrogen and oxygen atoms in total. The van der Waals surface area contributed by atoms with Crippen LogP contribution in [0.3, 0.4) is 0 Å². The number of methoxy groups -OCH3 is 1. The van der Waals surface area contributed by atoms with Crippen LogP contribution in [0.2, 0.25) is 0 Å². The van der Waals surface area contributed by atoms with Gasteiger partial charge in [0, 0.05) is 19.7 Å². The summed E-state index contributed by atoms with van der Waals surface area (Å²) in [6.07, 6.45) is 1.01. The number of benzene rings is 1. The SMILES string of the molecule is COC[C@H]1[C@H](C)Cc2ccccc2N1C(C)=O. The summed E-state index contributed by atoms with van der Waals surface area (Å²) in [6, 6.07) is 8.28. The number of fused-ring (bicyclic) bond motifs is 1. The summed E-state index contributed by atoms with van der Waals surface area (Å²) in [7, 11) is 1.69. The molecule has 1 aliphatic heterocycles. The second kappa shape index (κ2) is 4.88. The second-order valence-electron chi connectivity index (χ2n) is 4.72. The fourth-order valence-electron chi connectivity index (χ4n) is 2.65. The predicted octanol–water partition coefficient (Wildman–Crippen LogP) is 2.25. The normalized spacial score (nSPS) is 23.4. The fourth-order valence-corrected chi connectivity index (χ4v) is 2.65. The van der Waals surface area contributed by atoms with Crippen molar-refractivity contribution in [3.63, 3.8) is 0 Å². The van der Waals surface area contributed by atoms with E-state index in [0.717, 1.165) is 12.1 Å². The maximum Gasteiger partial charge on any atom is 0.224 e. The summed E-state index contributed by atoms with van der Waals surface area (Å²) in [5.41, 5.74) is 2.29. The second-order valence-corrected chi connectivity index (χ2v) is 4.72. The van der Waals surface area contributed by atoms with Gasteiger partial charge in [-0.3, -0.25) is 4.79 Å². The Morgan fingerprint density at radius 2 is 2.18 bits per heavy atom. The lowest BCUT2D eigenvalue weighted by molar-refractivity contribution is -0.117. The zero-order valence-electron chi connectivity index (χ0n) is 10.6. The molecule has 0 fully saturated rings. The standard InChI is InChI=1S/C14H19NO2/c1-10-8-12-6-4-5-7-13(12)15(11(2)16)14(10)9-17-3/h4-7,10,14H,8-9H2,1-3H3/t10-,14+/m1/s1. The molecular weight excluding hydrogens is 214 g/mol. The first-order valence-corrected chi connectivity index (χ1v) is 6.01. The van der Waals surface area contributed by atoms with Crippen LogP contribution >= 0.6 is 0 Å². The van der Waals surface area contributed by atoms with E-state index < -0.39 is 0 Å². The third-order valence-corrected chi connectivity index (χ3v) is 3.46. The van der Waals surface area contributed by atoms with Gasteiger partial charge in [-0.05, 0) is 24.0 Å². The van der Waals surface area contributed by atoms with E-state index in [1.165, 1.54) is 5.56 Å². The molecule has 3 heteroatoms. The molecule has 0 aromatic heterocycles. The van der Waals surface area contributed by atoms with Crippen LogP contribution in [-0.4, -0.2) is 25.7 Å². The van der Waals surface area contributed by atoms with Crippen molar-refractivity contribution in [2.24, 2.45) is 5.92 Å². The molecule has 0 radical (unpaired) electrons. The molecule has 0 saturated carbocycles. The number of nitrogens with zero attached hydrogens (tertiary/aromatic N) is 1. The average molecular weight is 233 g/mol. The largest absolute Gasteiger partial charge is 0.383 e. The van der Waals surface area contributed by atoms with E-state index in [0.29, 0.717) is 12.5 Å². The molecule has 1 aromatic rings. The molecule has 1 heterocycles. The van der Waals surface area contributed by atoms with Gasteiger partial charge in [0.15, 0.2) is 0 Å². The van der Waals surface area contributed by atoms with Gasteiger partial charge in [0.2, 0.25) is 5.91 Å². The molecule has 0 N–H and O–H groups in total. The van der Waals surface area contributed by atoms with Crippen molar-refractivity contribution in [3.8, 4) is 0 Å². The van der Waals surface area contributed by atoms with Crippen molar-refractivity contribution >= 4 is 11.6 Å². The number of rotatable bonds is 2. The Bertz CT molecular complexity index is 416. The molecule has 1 aliphatic rings. The predicted molar refractivity (Wildman–Crippen MR) is 68.1 cm³/mol. The minimum Gasteiger partial charge on any atom is -0.383 e. The molecule has 17 heavy (non-hydrogen) atoms. The summed E-state index contributed by atoms with van der Waals surface area (Å²) in [5, 5.41) is 0. The number of carbonyl (C=O) groups excluding carboxylic acids is 1. The minimum atomic E-state index is 0.0889. The molecule has 2 atom stereocenters. The first kappa shape index (κ1) is 12.1. The number of para-hydroxylation sites is 1. The van der Waals surface area contributed by atoms with Gasteiger partial charge in [-0.15, -0.1) is 0 Å². The first-order chi connectivity index (χ1) is 8.15. The number of hydrogen-bond donors (Lipinski definition) is 0. The maximum absolute atomic E-state index is 11.9. The Kier molecular flexibility index (Phi) is 3.48. The van der Waals surface area contributed by atoms with Crippen LogP contribution in [0.15, 0.2) is 24.3 Å². The third-order valence-electron chi connectivity index (χ3n) is 3.46. The van der Waals surface area contributed by atoms with Crippen molar-refractivity contribution in [1.29, 1.82) is 0 Å². The molecule has 92 valence electrons. The topological polar surface area (TPSA) is 29.5 Å². The van der Waals surface area contributed by atoms with Gasteiger partial charge in [0.25, 0.3) is 0 Å². The third kappa shape index (κ3) is 2.20. The Labute approximate surface area is 102 Å². The molecule has 2 rings (SSSR count). The number of anilines is 1. The summed E-state index contributed by atoms with van der Waals surface area (Å²) in [6.45, 7) is 4.39. The van der Waals surface area contributed by atoms with E-state index in [1.807, 2.05) is 23.1 Å². The van der Waals surface area contributed by atoms with E-state index in [-0.39, 0.29) is 11.9 Å². The summed E-state index contributed by atoms with van der Waals surface area (Å²) >= 11 is 0. The quantitative estimate of drug-likeness (QED) is 0.784. The van der Waals surface area contributed by atoms with E-state index in [2.05, 4.69) is 13.0 Å². The molecular formula is C14H19NO2. The highest BCUT2D eigenvalue weighted by molar-refractivity contribution is 5.93. The molecule has 1 amide bonds. The van der Waals surface area contributed by atoms with Crippen LogP contribution in [-0.2, 0) is 16.0 Å². The van der Waals surface area contributed by atoms with E-state index in [1.54, 1.807) is 14.0 Å². The maximum atomic E-state index is 11.9. The van der Waals surface area contributed by atoms with E-state index in [4.69, 9.17) is 4.74 Å². The van der Waals surface area contributed by atoms with Gasteiger partial charge in [-0.25, -0.2) is 0 Å². The van der Waals surface area contributed by atoms with Gasteiger partial charge in [0.05, 0.1) is 12.6 Å². The van der Waals surface area contributed by atoms with Gasteiger partial charge >= 0.3 is 0 Å². The summed E-state index contributed by atoms with van der Waals surface area (Å²) in [5.74, 6) is 0.514. The number of carbonyl (C=O) groups is 1. The van der Waals surface area contributed by atoms with Crippen molar-refractivity contribution in [2.45, 2.75) is 26.3 Å². The molecule has 0 unspecified atom stereocenters. The molecule has 1 aromatic carbocycles. The van der Waals surface area contributed by atoms with Crippen molar-refractivity contribution < 1.29 is 9.53 Å². The zero-order chi connectivity index (χ0) is 12.4. The highest BCUT2D eigenvalue weighted by Gasteiger charge is 2.33. The lowest BCUT2D eigenvalue weighted by Crippen LogP contribution is -2.49. The number of ether oxygens (including phenoxy) is 1. The van der Waals surface area contributed by atoms with Crippen molar-refractivity contribution in [3.05, 3.63) is 29.8 Å². The Morgan fingerprint density at radius 3 is 2.82 bits per heavy atom. The molecule has 0 spiro atoms. The van der Waals surface area contributed by atoms with E-state index >= 15 is 0 Å². The fraction of sp³-hybridized carbons (Fsp3) is 0.500. The van der Waals surface area contributed by atoms with Gasteiger partial charge in [0.1, 0.15) is 0 Å². The van der Waals surface area contributed by atoms with Gasteiger partial charge in [-0.1, -0.05) is 25.1 Å². The Balaban J connectivity index is 2.42. The zero-order valence-corrected chi connectivity index (χ0v) is 10.6. The summed E-state index contributed by atoms with van der Waals surface area (Å²) in [4.78, 5) is 13.7. The van der Waals surface area contributed by atoms with Crippen LogP contribution in [0.5, 0.6) is 0 Å². The average Bonchev–Trinajstić information content (AvgIpc) is 2.29. The van der Waals surface area contributed by atoms with Crippen molar-refractivity contribution in [2.75, 3.05) is 18.6 Å². The molecule has 0 saturated heterocycles. The lowest BCUT2D eigenvalue weighted by Gasteiger charge is -2.40. The Morgan fingerprint density at radius 1 is 1.47 bits per heavy atom. The van der Waals surface area contributed by atoms with Gasteiger partial charge in [-0.2, -0.15) is 0 Å². The van der Waals surface area contributed by atoms with Crippen LogP contribution < -0.4 is 4.90 Å². The van der Waals surface area contributed by atoms with Gasteiger partial charge < -0.3 is 9.64 Å². The van der Waals surface area contributed by atoms with E-state index in [9.17, 15) is 4.79 Å². The van der Waals surface area contributed by atoms with Crippen LogP contribution in [0.4, 0.5) is 5.69 Å². The lowest BCUT2D eigenvalue weighted by atomic mass is 9.87. The highest BCUT2D eigenvalue weighted by atomic mass is 16.5. The van der Waals surface area contributed by atoms with Crippen LogP contribution in [0, 0.1) is 5.92 Å². The van der Waals surface area contributed by atoms with Crippen LogP contribution in [0.1, 0.15) is 19.4 Å². The number of hydrogen-bond acceptors (Lipinski definition) is 2. The minimum absolute atomic E-state index is 0.0889. The first-order valence-electron chi connectivity index (χ1n) is 6.01. The molecule has 0 bridgehead atoms. The Hall–Kier alpha value is -1.35. The van der Waals surface area contributed by atoms with Crippen LogP contribution in [0.25, 0.3) is 0 Å². The smallest absolute Gasteiger partial charge is 0.224 e. The molecule has 0 aliphatic carbocycles. The monoisotopic (exact) mass is 233 g/mol. The highest BCUT2D eigenvalue weighted by Crippen LogP contribution is 2.33. The van der Waals surface area contributed by atoms with Crippen molar-refractivity contribution in [1.82, 2.24) is 0 Å². The number of amides is 1. The summed E-state index contributed by atoms with van der Waals surface area (Å²) < 4.78 is 5.25.